The van der Waals surface area contributed by atoms with Crippen LogP contribution in [0.15, 0.2) is 75.8 Å². The summed E-state index contributed by atoms with van der Waals surface area (Å²) >= 11 is 5.67. The number of hydrogen-bond donors (Lipinski definition) is 0. The number of halogens is 3. The minimum Gasteiger partial charge on any atom is -0.493 e. The van der Waals surface area contributed by atoms with E-state index >= 15 is 0 Å². The third-order valence-electron chi connectivity index (χ3n) is 4.56. The average molecular weight is 608 g/mol. The molecule has 1 aliphatic rings. The summed E-state index contributed by atoms with van der Waals surface area (Å²) in [5, 5.41) is 0. The lowest BCUT2D eigenvalue weighted by atomic mass is 10.1. The molecule has 5 nitrogen and oxygen atoms in total. The molecule has 0 amide bonds. The molecule has 162 valence electrons. The number of esters is 1. The van der Waals surface area contributed by atoms with Crippen molar-refractivity contribution in [1.29, 1.82) is 0 Å². The molecule has 0 unspecified atom stereocenters. The Hall–Kier alpha value is -2.72. The molecular formula is C24H16BrFINO4. The van der Waals surface area contributed by atoms with Crippen molar-refractivity contribution < 1.29 is 23.4 Å². The van der Waals surface area contributed by atoms with Crippen molar-refractivity contribution in [2.75, 3.05) is 7.11 Å². The largest absolute Gasteiger partial charge is 0.493 e. The predicted octanol–water partition coefficient (Wildman–Crippen LogP) is 6.12. The molecule has 1 heterocycles. The SMILES string of the molecule is COc1cc(/C=C2/N=C(c3ccc(I)c(Br)c3)OC2=O)ccc1OCc1cccc(F)c1. The van der Waals surface area contributed by atoms with Gasteiger partial charge in [0.2, 0.25) is 5.90 Å². The first-order valence-corrected chi connectivity index (χ1v) is 11.3. The van der Waals surface area contributed by atoms with E-state index in [1.807, 2.05) is 18.2 Å². The summed E-state index contributed by atoms with van der Waals surface area (Å²) in [4.78, 5) is 16.7. The fourth-order valence-corrected chi connectivity index (χ4v) is 3.71. The standard InChI is InChI=1S/C24H16BrFINO4/c1-30-22-11-14(5-8-21(22)31-13-15-3-2-4-17(26)9-15)10-20-24(29)32-23(28-20)16-6-7-19(27)18(25)12-16/h2-12H,13H2,1H3/b20-10+. The molecule has 0 spiro atoms. The van der Waals surface area contributed by atoms with E-state index in [9.17, 15) is 9.18 Å². The number of cyclic esters (lactones) is 1. The summed E-state index contributed by atoms with van der Waals surface area (Å²) < 4.78 is 31.8. The van der Waals surface area contributed by atoms with Gasteiger partial charge >= 0.3 is 5.97 Å². The number of nitrogens with zero attached hydrogens (tertiary/aromatic N) is 1. The summed E-state index contributed by atoms with van der Waals surface area (Å²) in [5.74, 6) is 0.384. The van der Waals surface area contributed by atoms with Crippen LogP contribution in [0, 0.1) is 9.39 Å². The van der Waals surface area contributed by atoms with Gasteiger partial charge in [-0.1, -0.05) is 18.2 Å². The Balaban J connectivity index is 1.54. The summed E-state index contributed by atoms with van der Waals surface area (Å²) in [6.07, 6.45) is 1.62. The molecule has 1 aliphatic heterocycles. The minimum absolute atomic E-state index is 0.185. The van der Waals surface area contributed by atoms with Gasteiger partial charge in [-0.15, -0.1) is 0 Å². The molecule has 0 saturated heterocycles. The van der Waals surface area contributed by atoms with Crippen molar-refractivity contribution in [3.63, 3.8) is 0 Å². The molecule has 0 bridgehead atoms. The highest BCUT2D eigenvalue weighted by atomic mass is 127. The predicted molar refractivity (Wildman–Crippen MR) is 131 cm³/mol. The van der Waals surface area contributed by atoms with E-state index < -0.39 is 5.97 Å². The second-order valence-corrected chi connectivity index (χ2v) is 8.81. The molecule has 0 saturated carbocycles. The van der Waals surface area contributed by atoms with Crippen LogP contribution in [-0.2, 0) is 16.1 Å². The minimum atomic E-state index is -0.528. The molecule has 0 N–H and O–H groups in total. The molecule has 3 aromatic carbocycles. The van der Waals surface area contributed by atoms with Gasteiger partial charge < -0.3 is 14.2 Å². The number of hydrogen-bond acceptors (Lipinski definition) is 5. The molecule has 0 aromatic heterocycles. The zero-order valence-corrected chi connectivity index (χ0v) is 20.5. The topological polar surface area (TPSA) is 57.1 Å². The van der Waals surface area contributed by atoms with Crippen LogP contribution in [0.4, 0.5) is 4.39 Å². The Labute approximate surface area is 206 Å². The molecule has 3 aromatic rings. The quantitative estimate of drug-likeness (QED) is 0.192. The zero-order valence-electron chi connectivity index (χ0n) is 16.8. The number of methoxy groups -OCH3 is 1. The van der Waals surface area contributed by atoms with Crippen LogP contribution in [0.1, 0.15) is 16.7 Å². The number of ether oxygens (including phenoxy) is 3. The molecule has 4 rings (SSSR count). The molecule has 0 radical (unpaired) electrons. The third kappa shape index (κ3) is 5.18. The summed E-state index contributed by atoms with van der Waals surface area (Å²) in [6, 6.07) is 17.0. The molecule has 0 fully saturated rings. The second-order valence-electron chi connectivity index (χ2n) is 6.79. The first-order chi connectivity index (χ1) is 15.4. The van der Waals surface area contributed by atoms with Gasteiger partial charge in [0.1, 0.15) is 12.4 Å². The maximum atomic E-state index is 13.4. The van der Waals surface area contributed by atoms with E-state index in [-0.39, 0.29) is 24.0 Å². The Bertz CT molecular complexity index is 1260. The van der Waals surface area contributed by atoms with Gasteiger partial charge in [-0.2, -0.15) is 0 Å². The number of benzene rings is 3. The second kappa shape index (κ2) is 9.83. The van der Waals surface area contributed by atoms with Gasteiger partial charge in [-0.05, 0) is 98.2 Å². The molecule has 8 heteroatoms. The van der Waals surface area contributed by atoms with Crippen molar-refractivity contribution >= 4 is 56.5 Å². The van der Waals surface area contributed by atoms with Crippen molar-refractivity contribution in [3.05, 3.63) is 96.9 Å². The highest BCUT2D eigenvalue weighted by molar-refractivity contribution is 14.1. The van der Waals surface area contributed by atoms with Crippen LogP contribution in [-0.4, -0.2) is 19.0 Å². The normalized spacial score (nSPS) is 14.3. The van der Waals surface area contributed by atoms with Crippen LogP contribution < -0.4 is 9.47 Å². The Morgan fingerprint density at radius 1 is 1.12 bits per heavy atom. The fraction of sp³-hybridized carbons (Fsp3) is 0.0833. The lowest BCUT2D eigenvalue weighted by Crippen LogP contribution is -2.05. The number of aliphatic imine (C=N–C) groups is 1. The number of carbonyl (C=O) groups excluding carboxylic acids is 1. The molecule has 0 aliphatic carbocycles. The maximum absolute atomic E-state index is 13.4. The lowest BCUT2D eigenvalue weighted by molar-refractivity contribution is -0.129. The van der Waals surface area contributed by atoms with Gasteiger partial charge in [0.25, 0.3) is 0 Å². The van der Waals surface area contributed by atoms with Crippen molar-refractivity contribution in [1.82, 2.24) is 0 Å². The molecular weight excluding hydrogens is 592 g/mol. The van der Waals surface area contributed by atoms with Gasteiger partial charge in [-0.3, -0.25) is 0 Å². The number of carbonyl (C=O) groups is 1. The van der Waals surface area contributed by atoms with E-state index in [4.69, 9.17) is 14.2 Å². The summed E-state index contributed by atoms with van der Waals surface area (Å²) in [6.45, 7) is 0.195. The third-order valence-corrected chi connectivity index (χ3v) is 6.90. The van der Waals surface area contributed by atoms with E-state index in [1.165, 1.54) is 19.2 Å². The first-order valence-electron chi connectivity index (χ1n) is 9.46. The van der Waals surface area contributed by atoms with E-state index in [2.05, 4.69) is 43.5 Å². The first kappa shape index (κ1) is 22.5. The van der Waals surface area contributed by atoms with E-state index in [1.54, 1.807) is 36.4 Å². The van der Waals surface area contributed by atoms with Gasteiger partial charge in [0, 0.05) is 13.6 Å². The van der Waals surface area contributed by atoms with E-state index in [0.717, 1.165) is 8.04 Å². The smallest absolute Gasteiger partial charge is 0.363 e. The average Bonchev–Trinajstić information content (AvgIpc) is 3.14. The highest BCUT2D eigenvalue weighted by Crippen LogP contribution is 2.31. The monoisotopic (exact) mass is 607 g/mol. The Kier molecular flexibility index (Phi) is 6.90. The van der Waals surface area contributed by atoms with Crippen LogP contribution in [0.3, 0.4) is 0 Å². The van der Waals surface area contributed by atoms with Gasteiger partial charge in [0.15, 0.2) is 17.2 Å². The van der Waals surface area contributed by atoms with Crippen LogP contribution in [0.25, 0.3) is 6.08 Å². The fourth-order valence-electron chi connectivity index (χ4n) is 3.00. The highest BCUT2D eigenvalue weighted by Gasteiger charge is 2.24. The summed E-state index contributed by atoms with van der Waals surface area (Å²) in [7, 11) is 1.52. The maximum Gasteiger partial charge on any atom is 0.363 e. The van der Waals surface area contributed by atoms with E-state index in [0.29, 0.717) is 28.2 Å². The van der Waals surface area contributed by atoms with Crippen molar-refractivity contribution in [3.8, 4) is 11.5 Å². The number of rotatable bonds is 6. The van der Waals surface area contributed by atoms with Gasteiger partial charge in [0.05, 0.1) is 7.11 Å². The van der Waals surface area contributed by atoms with Crippen LogP contribution >= 0.6 is 38.5 Å². The van der Waals surface area contributed by atoms with Crippen LogP contribution in [0.5, 0.6) is 11.5 Å². The van der Waals surface area contributed by atoms with Crippen molar-refractivity contribution in [2.45, 2.75) is 6.61 Å². The van der Waals surface area contributed by atoms with Gasteiger partial charge in [-0.25, -0.2) is 14.2 Å². The molecule has 0 atom stereocenters. The molecule has 32 heavy (non-hydrogen) atoms. The Morgan fingerprint density at radius 2 is 1.97 bits per heavy atom. The zero-order chi connectivity index (χ0) is 22.7. The summed E-state index contributed by atoms with van der Waals surface area (Å²) in [5.41, 5.74) is 2.29. The van der Waals surface area contributed by atoms with Crippen LogP contribution in [0.2, 0.25) is 0 Å². The Morgan fingerprint density at radius 3 is 2.72 bits per heavy atom. The van der Waals surface area contributed by atoms with Crippen molar-refractivity contribution in [2.24, 2.45) is 4.99 Å². The lowest BCUT2D eigenvalue weighted by Gasteiger charge is -2.11.